The molecule has 4 atom stereocenters. The summed E-state index contributed by atoms with van der Waals surface area (Å²) in [6, 6.07) is -0.160. The van der Waals surface area contributed by atoms with Crippen LogP contribution < -0.4 is 4.90 Å². The molecule has 0 radical (unpaired) electrons. The van der Waals surface area contributed by atoms with E-state index in [0.29, 0.717) is 6.61 Å². The van der Waals surface area contributed by atoms with Crippen molar-refractivity contribution in [2.24, 2.45) is 0 Å². The molecule has 3 aliphatic heterocycles. The van der Waals surface area contributed by atoms with Gasteiger partial charge >= 0.3 is 0 Å². The monoisotopic (exact) mass is 362 g/mol. The lowest BCUT2D eigenvalue weighted by Crippen LogP contribution is -2.33. The summed E-state index contributed by atoms with van der Waals surface area (Å²) in [5.41, 5.74) is 1.48. The van der Waals surface area contributed by atoms with Crippen LogP contribution in [0.2, 0.25) is 0 Å². The van der Waals surface area contributed by atoms with Crippen molar-refractivity contribution in [3.8, 4) is 0 Å². The molecule has 0 aromatic carbocycles. The van der Waals surface area contributed by atoms with Gasteiger partial charge in [0.1, 0.15) is 18.5 Å². The number of aromatic nitrogens is 4. The zero-order chi connectivity index (χ0) is 17.7. The standard InChI is InChI=1S/C15H18N6O5/c22-21(23)26-10-6-25-12-9(5-24-13(10)12)20-8-18-11-14(16-7-17-15(11)20)19-3-1-2-4-19/h7-10,12-13H,1-6H2/t9-,10-,12+,13+/m0/s1. The maximum Gasteiger partial charge on any atom is 0.294 e. The van der Waals surface area contributed by atoms with Gasteiger partial charge in [0, 0.05) is 13.1 Å². The molecule has 11 heteroatoms. The second kappa shape index (κ2) is 6.02. The molecule has 0 spiro atoms. The molecule has 3 saturated heterocycles. The van der Waals surface area contributed by atoms with E-state index in [9.17, 15) is 10.1 Å². The molecule has 5 rings (SSSR count). The fourth-order valence-corrected chi connectivity index (χ4v) is 4.13. The summed E-state index contributed by atoms with van der Waals surface area (Å²) in [6.45, 7) is 2.44. The molecule has 0 aliphatic carbocycles. The van der Waals surface area contributed by atoms with Gasteiger partial charge in [0.25, 0.3) is 5.09 Å². The molecular formula is C15H18N6O5. The summed E-state index contributed by atoms with van der Waals surface area (Å²) >= 11 is 0. The van der Waals surface area contributed by atoms with Gasteiger partial charge in [0.05, 0.1) is 25.6 Å². The largest absolute Gasteiger partial charge is 0.371 e. The van der Waals surface area contributed by atoms with E-state index in [2.05, 4.69) is 24.7 Å². The average molecular weight is 362 g/mol. The third-order valence-corrected chi connectivity index (χ3v) is 5.31. The third-order valence-electron chi connectivity index (χ3n) is 5.31. The Morgan fingerprint density at radius 2 is 1.96 bits per heavy atom. The minimum Gasteiger partial charge on any atom is -0.371 e. The lowest BCUT2D eigenvalue weighted by molar-refractivity contribution is -0.769. The SMILES string of the molecule is O=[N+]([O-])O[C@H]1CO[C@H]2[C@@H]1OC[C@@H]2n1cnc2c(N3CCCC3)ncnc21. The Morgan fingerprint density at radius 1 is 1.15 bits per heavy atom. The van der Waals surface area contributed by atoms with E-state index in [1.54, 1.807) is 12.7 Å². The van der Waals surface area contributed by atoms with Gasteiger partial charge in [-0.1, -0.05) is 0 Å². The van der Waals surface area contributed by atoms with E-state index < -0.39 is 17.3 Å². The number of rotatable bonds is 4. The molecule has 3 fully saturated rings. The molecule has 2 aromatic rings. The highest BCUT2D eigenvalue weighted by molar-refractivity contribution is 5.83. The first-order chi connectivity index (χ1) is 12.7. The normalized spacial score (nSPS) is 30.8. The van der Waals surface area contributed by atoms with E-state index in [1.807, 2.05) is 4.57 Å². The van der Waals surface area contributed by atoms with Gasteiger partial charge < -0.3 is 23.8 Å². The number of hydrogen-bond acceptors (Lipinski definition) is 9. The van der Waals surface area contributed by atoms with Crippen molar-refractivity contribution in [3.63, 3.8) is 0 Å². The fraction of sp³-hybridized carbons (Fsp3) is 0.667. The van der Waals surface area contributed by atoms with Crippen molar-refractivity contribution in [2.45, 2.75) is 37.2 Å². The Morgan fingerprint density at radius 3 is 2.77 bits per heavy atom. The summed E-state index contributed by atoms with van der Waals surface area (Å²) in [7, 11) is 0. The molecule has 0 bridgehead atoms. The molecular weight excluding hydrogens is 344 g/mol. The molecule has 0 saturated carbocycles. The van der Waals surface area contributed by atoms with E-state index in [1.165, 1.54) is 0 Å². The third kappa shape index (κ3) is 2.38. The Bertz CT molecular complexity index is 837. The van der Waals surface area contributed by atoms with Crippen LogP contribution in [0, 0.1) is 10.1 Å². The summed E-state index contributed by atoms with van der Waals surface area (Å²) in [5, 5.41) is 9.83. The van der Waals surface area contributed by atoms with Gasteiger partial charge in [-0.05, 0) is 12.8 Å². The van der Waals surface area contributed by atoms with Gasteiger partial charge in [-0.3, -0.25) is 0 Å². The number of imidazole rings is 1. The summed E-state index contributed by atoms with van der Waals surface area (Å²) in [6.07, 6.45) is 4.07. The van der Waals surface area contributed by atoms with Crippen molar-refractivity contribution in [1.29, 1.82) is 0 Å². The second-order valence-corrected chi connectivity index (χ2v) is 6.75. The van der Waals surface area contributed by atoms with Gasteiger partial charge in [0.2, 0.25) is 0 Å². The summed E-state index contributed by atoms with van der Waals surface area (Å²) < 4.78 is 13.4. The molecule has 3 aliphatic rings. The predicted octanol–water partition coefficient (Wildman–Crippen LogP) is 0.342. The van der Waals surface area contributed by atoms with Crippen LogP contribution in [-0.4, -0.2) is 69.2 Å². The predicted molar refractivity (Wildman–Crippen MR) is 87.2 cm³/mol. The van der Waals surface area contributed by atoms with Crippen LogP contribution in [0.5, 0.6) is 0 Å². The van der Waals surface area contributed by atoms with E-state index in [0.717, 1.165) is 42.9 Å². The number of hydrogen-bond donors (Lipinski definition) is 0. The van der Waals surface area contributed by atoms with Crippen LogP contribution in [-0.2, 0) is 14.3 Å². The van der Waals surface area contributed by atoms with Crippen LogP contribution in [0.1, 0.15) is 18.9 Å². The van der Waals surface area contributed by atoms with Crippen LogP contribution in [0.4, 0.5) is 5.82 Å². The van der Waals surface area contributed by atoms with Crippen molar-refractivity contribution in [1.82, 2.24) is 19.5 Å². The zero-order valence-corrected chi connectivity index (χ0v) is 13.9. The average Bonchev–Trinajstić information content (AvgIpc) is 3.39. The highest BCUT2D eigenvalue weighted by Crippen LogP contribution is 2.37. The lowest BCUT2D eigenvalue weighted by atomic mass is 10.1. The number of ether oxygens (including phenoxy) is 2. The maximum absolute atomic E-state index is 10.6. The van der Waals surface area contributed by atoms with Gasteiger partial charge in [-0.15, -0.1) is 10.1 Å². The van der Waals surface area contributed by atoms with Crippen molar-refractivity contribution >= 4 is 17.0 Å². The first-order valence-electron chi connectivity index (χ1n) is 8.69. The van der Waals surface area contributed by atoms with E-state index >= 15 is 0 Å². The van der Waals surface area contributed by atoms with Crippen molar-refractivity contribution < 1.29 is 19.4 Å². The molecule has 5 heterocycles. The smallest absolute Gasteiger partial charge is 0.294 e. The molecule has 0 N–H and O–H groups in total. The quantitative estimate of drug-likeness (QED) is 0.560. The van der Waals surface area contributed by atoms with Gasteiger partial charge in [-0.2, -0.15) is 0 Å². The van der Waals surface area contributed by atoms with Crippen LogP contribution in [0.3, 0.4) is 0 Å². The molecule has 11 nitrogen and oxygen atoms in total. The minimum atomic E-state index is -0.796. The van der Waals surface area contributed by atoms with E-state index in [-0.39, 0.29) is 18.8 Å². The van der Waals surface area contributed by atoms with Crippen LogP contribution >= 0.6 is 0 Å². The molecule has 0 amide bonds. The molecule has 26 heavy (non-hydrogen) atoms. The molecule has 138 valence electrons. The zero-order valence-electron chi connectivity index (χ0n) is 13.9. The summed E-state index contributed by atoms with van der Waals surface area (Å²) in [5.74, 6) is 0.851. The van der Waals surface area contributed by atoms with Crippen LogP contribution in [0.25, 0.3) is 11.2 Å². The highest BCUT2D eigenvalue weighted by Gasteiger charge is 2.50. The number of nitrogens with zero attached hydrogens (tertiary/aromatic N) is 6. The van der Waals surface area contributed by atoms with Gasteiger partial charge in [0.15, 0.2) is 23.1 Å². The highest BCUT2D eigenvalue weighted by atomic mass is 17.0. The number of anilines is 1. The van der Waals surface area contributed by atoms with Crippen molar-refractivity contribution in [3.05, 3.63) is 22.8 Å². The fourth-order valence-electron chi connectivity index (χ4n) is 4.13. The molecule has 0 unspecified atom stereocenters. The summed E-state index contributed by atoms with van der Waals surface area (Å²) in [4.78, 5) is 30.9. The van der Waals surface area contributed by atoms with Crippen molar-refractivity contribution in [2.75, 3.05) is 31.2 Å². The lowest BCUT2D eigenvalue weighted by Gasteiger charge is -2.19. The van der Waals surface area contributed by atoms with Gasteiger partial charge in [-0.25, -0.2) is 15.0 Å². The Kier molecular flexibility index (Phi) is 3.64. The van der Waals surface area contributed by atoms with E-state index in [4.69, 9.17) is 9.47 Å². The molecule has 2 aromatic heterocycles. The van der Waals surface area contributed by atoms with Crippen LogP contribution in [0.15, 0.2) is 12.7 Å². The Balaban J connectivity index is 1.45. The Hall–Kier alpha value is -2.53. The minimum absolute atomic E-state index is 0.132. The second-order valence-electron chi connectivity index (χ2n) is 6.75. The number of fused-ring (bicyclic) bond motifs is 2. The first kappa shape index (κ1) is 15.7. The maximum atomic E-state index is 10.6. The Labute approximate surface area is 148 Å². The topological polar surface area (TPSA) is 118 Å². The first-order valence-corrected chi connectivity index (χ1v) is 8.69.